The van der Waals surface area contributed by atoms with E-state index in [9.17, 15) is 0 Å². The number of hydrogen-bond acceptors (Lipinski definition) is 3. The maximum absolute atomic E-state index is 4.33. The Hall–Kier alpha value is -0.960. The zero-order chi connectivity index (χ0) is 13.8. The van der Waals surface area contributed by atoms with Gasteiger partial charge in [-0.3, -0.25) is 0 Å². The average molecular weight is 263 g/mol. The van der Waals surface area contributed by atoms with E-state index in [1.54, 1.807) is 6.33 Å². The van der Waals surface area contributed by atoms with Crippen LogP contribution in [0.4, 0.5) is 0 Å². The second kappa shape index (κ2) is 10.9. The predicted molar refractivity (Wildman–Crippen MR) is 81.1 cm³/mol. The van der Waals surface area contributed by atoms with Gasteiger partial charge in [0.2, 0.25) is 0 Å². The standard InChI is InChI=1S/C16H29N3/c1-3-4-5-6-7-8-9-10-11-15(17-2)16-12-13-18-14-19-16/h12-15,17H,3-11H2,1-2H3. The van der Waals surface area contributed by atoms with Crippen molar-refractivity contribution in [1.29, 1.82) is 0 Å². The van der Waals surface area contributed by atoms with Gasteiger partial charge in [0, 0.05) is 12.2 Å². The summed E-state index contributed by atoms with van der Waals surface area (Å²) >= 11 is 0. The van der Waals surface area contributed by atoms with E-state index in [-0.39, 0.29) is 0 Å². The van der Waals surface area contributed by atoms with E-state index >= 15 is 0 Å². The Morgan fingerprint density at radius 3 is 2.32 bits per heavy atom. The second-order valence-corrected chi connectivity index (χ2v) is 5.24. The topological polar surface area (TPSA) is 37.8 Å². The van der Waals surface area contributed by atoms with Gasteiger partial charge in [0.05, 0.1) is 5.69 Å². The Balaban J connectivity index is 2.07. The molecule has 1 atom stereocenters. The molecule has 0 radical (unpaired) electrons. The molecule has 0 amide bonds. The highest BCUT2D eigenvalue weighted by Gasteiger charge is 2.09. The van der Waals surface area contributed by atoms with Gasteiger partial charge in [-0.05, 0) is 19.5 Å². The molecule has 19 heavy (non-hydrogen) atoms. The van der Waals surface area contributed by atoms with Gasteiger partial charge in [-0.15, -0.1) is 0 Å². The largest absolute Gasteiger partial charge is 0.312 e. The SMILES string of the molecule is CCCCCCCCCCC(NC)c1ccncn1. The zero-order valence-corrected chi connectivity index (χ0v) is 12.6. The number of rotatable bonds is 11. The maximum Gasteiger partial charge on any atom is 0.115 e. The fraction of sp³-hybridized carbons (Fsp3) is 0.750. The number of aromatic nitrogens is 2. The van der Waals surface area contributed by atoms with Crippen LogP contribution in [-0.2, 0) is 0 Å². The molecule has 0 saturated carbocycles. The highest BCUT2D eigenvalue weighted by atomic mass is 14.9. The fourth-order valence-corrected chi connectivity index (χ4v) is 2.43. The van der Waals surface area contributed by atoms with E-state index in [0.717, 1.165) is 5.69 Å². The van der Waals surface area contributed by atoms with Crippen molar-refractivity contribution in [2.45, 2.75) is 70.8 Å². The van der Waals surface area contributed by atoms with Crippen LogP contribution in [0.5, 0.6) is 0 Å². The van der Waals surface area contributed by atoms with Crippen LogP contribution in [-0.4, -0.2) is 17.0 Å². The summed E-state index contributed by atoms with van der Waals surface area (Å²) < 4.78 is 0. The molecule has 1 unspecified atom stereocenters. The van der Waals surface area contributed by atoms with Gasteiger partial charge in [0.15, 0.2) is 0 Å². The molecule has 1 aromatic heterocycles. The summed E-state index contributed by atoms with van der Waals surface area (Å²) in [6, 6.07) is 2.38. The van der Waals surface area contributed by atoms with Crippen LogP contribution >= 0.6 is 0 Å². The summed E-state index contributed by atoms with van der Waals surface area (Å²) in [7, 11) is 2.01. The van der Waals surface area contributed by atoms with Crippen LogP contribution < -0.4 is 5.32 Å². The van der Waals surface area contributed by atoms with E-state index in [2.05, 4.69) is 22.2 Å². The lowest BCUT2D eigenvalue weighted by atomic mass is 10.0. The van der Waals surface area contributed by atoms with Gasteiger partial charge in [-0.2, -0.15) is 0 Å². The van der Waals surface area contributed by atoms with Crippen LogP contribution in [0.15, 0.2) is 18.6 Å². The summed E-state index contributed by atoms with van der Waals surface area (Å²) in [5.41, 5.74) is 1.11. The molecule has 0 fully saturated rings. The van der Waals surface area contributed by atoms with Crippen molar-refractivity contribution in [3.8, 4) is 0 Å². The molecular weight excluding hydrogens is 234 g/mol. The summed E-state index contributed by atoms with van der Waals surface area (Å²) in [6.45, 7) is 2.27. The normalized spacial score (nSPS) is 12.5. The molecule has 1 aromatic rings. The third-order valence-corrected chi connectivity index (χ3v) is 3.66. The minimum Gasteiger partial charge on any atom is -0.312 e. The van der Waals surface area contributed by atoms with Crippen molar-refractivity contribution in [3.05, 3.63) is 24.3 Å². The van der Waals surface area contributed by atoms with Crippen LogP contribution in [0.1, 0.15) is 76.4 Å². The fourth-order valence-electron chi connectivity index (χ4n) is 2.43. The molecule has 3 heteroatoms. The summed E-state index contributed by atoms with van der Waals surface area (Å²) in [4.78, 5) is 8.29. The van der Waals surface area contributed by atoms with Crippen molar-refractivity contribution < 1.29 is 0 Å². The van der Waals surface area contributed by atoms with Gasteiger partial charge in [-0.25, -0.2) is 9.97 Å². The minimum absolute atomic E-state index is 0.378. The molecule has 1 rings (SSSR count). The summed E-state index contributed by atoms with van der Waals surface area (Å²) in [5.74, 6) is 0. The monoisotopic (exact) mass is 263 g/mol. The highest BCUT2D eigenvalue weighted by molar-refractivity contribution is 5.04. The van der Waals surface area contributed by atoms with E-state index in [4.69, 9.17) is 0 Å². The van der Waals surface area contributed by atoms with E-state index in [0.29, 0.717) is 6.04 Å². The Morgan fingerprint density at radius 1 is 1.05 bits per heavy atom. The summed E-state index contributed by atoms with van der Waals surface area (Å²) in [6.07, 6.45) is 15.6. The number of unbranched alkanes of at least 4 members (excludes halogenated alkanes) is 7. The van der Waals surface area contributed by atoms with Gasteiger partial charge < -0.3 is 5.32 Å². The van der Waals surface area contributed by atoms with Gasteiger partial charge in [-0.1, -0.05) is 58.3 Å². The minimum atomic E-state index is 0.378. The maximum atomic E-state index is 4.33. The molecule has 0 saturated heterocycles. The van der Waals surface area contributed by atoms with Crippen molar-refractivity contribution in [3.63, 3.8) is 0 Å². The van der Waals surface area contributed by atoms with Crippen molar-refractivity contribution in [2.75, 3.05) is 7.05 Å². The smallest absolute Gasteiger partial charge is 0.115 e. The number of hydrogen-bond donors (Lipinski definition) is 1. The number of nitrogens with zero attached hydrogens (tertiary/aromatic N) is 2. The Morgan fingerprint density at radius 2 is 1.74 bits per heavy atom. The first-order chi connectivity index (χ1) is 9.38. The lowest BCUT2D eigenvalue weighted by molar-refractivity contribution is 0.486. The van der Waals surface area contributed by atoms with E-state index < -0.39 is 0 Å². The molecule has 0 aliphatic rings. The first kappa shape index (κ1) is 16.1. The van der Waals surface area contributed by atoms with Crippen LogP contribution in [0, 0.1) is 0 Å². The Kier molecular flexibility index (Phi) is 9.25. The lowest BCUT2D eigenvalue weighted by Gasteiger charge is -2.14. The molecule has 3 nitrogen and oxygen atoms in total. The van der Waals surface area contributed by atoms with Gasteiger partial charge >= 0.3 is 0 Å². The molecule has 108 valence electrons. The molecule has 0 aliphatic carbocycles. The Labute approximate surface area is 118 Å². The number of nitrogens with one attached hydrogen (secondary N) is 1. The van der Waals surface area contributed by atoms with Crippen LogP contribution in [0.3, 0.4) is 0 Å². The van der Waals surface area contributed by atoms with Crippen LogP contribution in [0.2, 0.25) is 0 Å². The predicted octanol–water partition coefficient (Wildman–Crippen LogP) is 4.27. The third kappa shape index (κ3) is 7.26. The Bertz CT molecular complexity index is 300. The van der Waals surface area contributed by atoms with Crippen LogP contribution in [0.25, 0.3) is 0 Å². The lowest BCUT2D eigenvalue weighted by Crippen LogP contribution is -2.17. The third-order valence-electron chi connectivity index (χ3n) is 3.66. The van der Waals surface area contributed by atoms with E-state index in [1.165, 1.54) is 57.8 Å². The second-order valence-electron chi connectivity index (χ2n) is 5.24. The average Bonchev–Trinajstić information content (AvgIpc) is 2.47. The molecular formula is C16H29N3. The van der Waals surface area contributed by atoms with Gasteiger partial charge in [0.25, 0.3) is 0 Å². The molecule has 0 aromatic carbocycles. The molecule has 1 heterocycles. The first-order valence-electron chi connectivity index (χ1n) is 7.81. The van der Waals surface area contributed by atoms with Crippen molar-refractivity contribution in [1.82, 2.24) is 15.3 Å². The van der Waals surface area contributed by atoms with Gasteiger partial charge in [0.1, 0.15) is 6.33 Å². The first-order valence-corrected chi connectivity index (χ1v) is 7.81. The van der Waals surface area contributed by atoms with Crippen molar-refractivity contribution >= 4 is 0 Å². The molecule has 0 aliphatic heterocycles. The quantitative estimate of drug-likeness (QED) is 0.606. The molecule has 0 spiro atoms. The highest BCUT2D eigenvalue weighted by Crippen LogP contribution is 2.18. The molecule has 0 bridgehead atoms. The molecule has 1 N–H and O–H groups in total. The van der Waals surface area contributed by atoms with E-state index in [1.807, 2.05) is 19.3 Å². The summed E-state index contributed by atoms with van der Waals surface area (Å²) in [5, 5.41) is 3.35. The van der Waals surface area contributed by atoms with Crippen molar-refractivity contribution in [2.24, 2.45) is 0 Å². The zero-order valence-electron chi connectivity index (χ0n) is 12.6.